The van der Waals surface area contributed by atoms with Gasteiger partial charge in [-0.25, -0.2) is 0 Å². The van der Waals surface area contributed by atoms with Crippen LogP contribution in [0.1, 0.15) is 0 Å². The van der Waals surface area contributed by atoms with Crippen LogP contribution in [-0.2, 0) is 66.3 Å². The Morgan fingerprint density at radius 1 is 0.281 bits per heavy atom. The fourth-order valence-corrected chi connectivity index (χ4v) is 12.0. The summed E-state index contributed by atoms with van der Waals surface area (Å²) in [5.41, 5.74) is 8.86. The molecule has 21 fully saturated rings. The second-order valence-corrected chi connectivity index (χ2v) is 24.6. The summed E-state index contributed by atoms with van der Waals surface area (Å²) in [6.07, 6.45) is -69.8. The highest BCUT2D eigenvalue weighted by atomic mass is 16.8. The number of rotatable bonds is 14. The van der Waals surface area contributed by atoms with Gasteiger partial charge in [-0.05, 0) is 5.53 Å². The van der Waals surface area contributed by atoms with Gasteiger partial charge in [-0.2, -0.15) is 0 Å². The third-order valence-corrected chi connectivity index (χ3v) is 17.5. The van der Waals surface area contributed by atoms with Crippen molar-refractivity contribution in [1.82, 2.24) is 0 Å². The van der Waals surface area contributed by atoms with Gasteiger partial charge in [-0.1, -0.05) is 5.11 Å². The van der Waals surface area contributed by atoms with Crippen molar-refractivity contribution in [3.8, 4) is 0 Å². The number of ether oxygens (including phenoxy) is 14. The Labute approximate surface area is 507 Å². The van der Waals surface area contributed by atoms with Crippen molar-refractivity contribution in [2.45, 2.75) is 215 Å². The Morgan fingerprint density at radius 3 is 0.674 bits per heavy atom. The van der Waals surface area contributed by atoms with E-state index in [1.165, 1.54) is 0 Å². The highest BCUT2D eigenvalue weighted by molar-refractivity contribution is 5.02. The summed E-state index contributed by atoms with van der Waals surface area (Å²) in [5.74, 6) is 0. The second kappa shape index (κ2) is 30.7. The second-order valence-electron chi connectivity index (χ2n) is 24.6. The third kappa shape index (κ3) is 15.7. The van der Waals surface area contributed by atoms with Gasteiger partial charge in [-0.3, -0.25) is 0 Å². The lowest BCUT2D eigenvalue weighted by atomic mass is 9.94. The monoisotopic (exact) mass is 1300 g/mol. The van der Waals surface area contributed by atoms with Gasteiger partial charge < -0.3 is 177 Å². The molecule has 35 atom stereocenters. The van der Waals surface area contributed by atoms with Gasteiger partial charge in [0.1, 0.15) is 191 Å². The fraction of sp³-hybridized carbons (Fsp3) is 1.00. The number of aliphatic hydroxyl groups is 20. The molecule has 21 aliphatic rings. The van der Waals surface area contributed by atoms with E-state index < -0.39 is 255 Å². The van der Waals surface area contributed by atoms with E-state index in [0.717, 1.165) is 0 Å². The molecule has 0 aromatic rings. The van der Waals surface area contributed by atoms with E-state index in [0.29, 0.717) is 24.1 Å². The number of likely N-dealkylation sites (N-methyl/N-ethyl adjacent to an activating group) is 2. The molecule has 0 saturated carbocycles. The van der Waals surface area contributed by atoms with Gasteiger partial charge in [-0.15, -0.1) is 0 Å². The molecule has 39 heteroatoms. The van der Waals surface area contributed by atoms with Crippen molar-refractivity contribution in [2.75, 3.05) is 101 Å². The maximum Gasteiger partial charge on any atom is 0.187 e. The van der Waals surface area contributed by atoms with Crippen LogP contribution >= 0.6 is 0 Å². The summed E-state index contributed by atoms with van der Waals surface area (Å²) in [6.45, 7) is -5.04. The SMILES string of the molecule is C[N+](C)(CCN=[N+]=[N-])CC[N+](C)(C)C[C@H]1O[C@@H]2O[C@H]3[C@H](O)[C@@H](O)[C@@H](O[C@H]4[C@H](O)[C@@H](O)[C@@H](O[C@H]5[C@H](O)[C@@H](O)[C@@H](O[C@H]6[C@H](O)[C@@H](O)[C@@H](O[C@H]7[C@H](O)[C@@H](O)[C@@H](O[C@H]8[C@H](O)[C@@H](O)[C@@H](O[C@H]1[C@H](O)[C@H]2O)O[C@@H]8CO)O[C@@H]7CO)O[C@@H]6CO)O[C@@H]5CO)O[C@@H]4CO)O[C@@H]3CO. The van der Waals surface area contributed by atoms with E-state index in [1.54, 1.807) is 14.1 Å². The van der Waals surface area contributed by atoms with Gasteiger partial charge in [0.15, 0.2) is 44.0 Å². The van der Waals surface area contributed by atoms with E-state index >= 15 is 0 Å². The van der Waals surface area contributed by atoms with Crippen LogP contribution in [0.3, 0.4) is 0 Å². The van der Waals surface area contributed by atoms with Crippen LogP contribution in [-0.4, -0.2) is 427 Å². The maximum atomic E-state index is 12.0. The zero-order valence-electron chi connectivity index (χ0n) is 48.9. The van der Waals surface area contributed by atoms with E-state index in [2.05, 4.69) is 10.0 Å². The first-order chi connectivity index (χ1) is 42.1. The molecule has 0 unspecified atom stereocenters. The van der Waals surface area contributed by atoms with Crippen molar-refractivity contribution in [1.29, 1.82) is 0 Å². The topological polar surface area (TPSA) is 583 Å². The molecule has 0 aromatic heterocycles. The number of aliphatic hydroxyl groups excluding tert-OH is 20. The van der Waals surface area contributed by atoms with Crippen molar-refractivity contribution >= 4 is 0 Å². The molecule has 39 nitrogen and oxygen atoms in total. The molecule has 14 bridgehead atoms. The van der Waals surface area contributed by atoms with E-state index in [1.807, 2.05) is 14.1 Å². The Balaban J connectivity index is 1.11. The number of azide groups is 1. The molecule has 0 aliphatic carbocycles. The van der Waals surface area contributed by atoms with Crippen LogP contribution < -0.4 is 0 Å². The maximum absolute atomic E-state index is 12.0. The zero-order valence-corrected chi connectivity index (χ0v) is 48.9. The summed E-state index contributed by atoms with van der Waals surface area (Å²) in [7, 11) is 7.27. The lowest BCUT2D eigenvalue weighted by Gasteiger charge is -2.50. The van der Waals surface area contributed by atoms with Crippen molar-refractivity contribution in [2.24, 2.45) is 5.11 Å². The number of hydrogen-bond donors (Lipinski definition) is 20. The average Bonchev–Trinajstić information content (AvgIpc) is 0.864. The zero-order chi connectivity index (χ0) is 65.3. The Hall–Kier alpha value is -2.13. The van der Waals surface area contributed by atoms with E-state index in [4.69, 9.17) is 71.8 Å². The number of quaternary nitrogens is 2. The summed E-state index contributed by atoms with van der Waals surface area (Å²) in [5, 5.41) is 229. The smallest absolute Gasteiger partial charge is 0.187 e. The molecule has 21 aliphatic heterocycles. The van der Waals surface area contributed by atoms with E-state index in [-0.39, 0.29) is 17.6 Å². The van der Waals surface area contributed by atoms with Gasteiger partial charge >= 0.3 is 0 Å². The molecule has 21 heterocycles. The lowest BCUT2D eigenvalue weighted by molar-refractivity contribution is -0.947. The van der Waals surface area contributed by atoms with Crippen LogP contribution in [0, 0.1) is 0 Å². The van der Waals surface area contributed by atoms with Gasteiger partial charge in [0.05, 0.1) is 80.9 Å². The molecule has 0 radical (unpaired) electrons. The normalized spacial score (nSPS) is 49.8. The number of hydrogen-bond acceptors (Lipinski definition) is 35. The standard InChI is InChI=1S/C50H89N5O34/c1-54(2,6-5-52-53-51)7-8-55(3,4)9-16-37-23(62)30(69)44(76-16)84-38-17(10-56)78-46(32(71)25(38)64)86-40-19(12-58)80-48(34(73)27(40)66)88-42-21(14-60)82-50(36(75)29(42)68)89-43-22(15-61)81-49(35(74)28(43)67)87-41-20(13-59)79-47(33(72)26(41)65)85-39-18(11-57)77-45(83-37)31(70)24(39)63/h16-50,56-75H,5-15H2,1-4H3/q+2/t16-,17-,18-,19-,20-,21-,22-,23-,24-,25-,26-,27-,28-,29-,30-,31-,32-,33-,34-,35-,36-,37-,38-,39-,40-,41-,42-,43-,44-,45-,46-,47-,48-,49-,50-/m1/s1. The highest BCUT2D eigenvalue weighted by Crippen LogP contribution is 2.39. The minimum atomic E-state index is -2.21. The largest absolute Gasteiger partial charge is 0.394 e. The fourth-order valence-electron chi connectivity index (χ4n) is 12.0. The van der Waals surface area contributed by atoms with Crippen LogP contribution in [0.4, 0.5) is 0 Å². The quantitative estimate of drug-likeness (QED) is 0.0332. The van der Waals surface area contributed by atoms with Gasteiger partial charge in [0, 0.05) is 4.91 Å². The van der Waals surface area contributed by atoms with Crippen LogP contribution in [0.2, 0.25) is 0 Å². The summed E-state index contributed by atoms with van der Waals surface area (Å²) in [6, 6.07) is 0. The molecular formula is C50H89N5O34+2. The Morgan fingerprint density at radius 2 is 0.472 bits per heavy atom. The predicted octanol–water partition coefficient (Wildman–Crippen LogP) is -13.8. The molecule has 21 saturated heterocycles. The Kier molecular flexibility index (Phi) is 25.1. The molecule has 20 N–H and O–H groups in total. The molecule has 0 spiro atoms. The minimum Gasteiger partial charge on any atom is -0.394 e. The molecule has 0 amide bonds. The molecular weight excluding hydrogens is 1210 g/mol. The first-order valence-corrected chi connectivity index (χ1v) is 29.1. The minimum absolute atomic E-state index is 0.0310. The van der Waals surface area contributed by atoms with Gasteiger partial charge in [0.2, 0.25) is 0 Å². The van der Waals surface area contributed by atoms with Crippen LogP contribution in [0.5, 0.6) is 0 Å². The molecule has 0 aromatic carbocycles. The summed E-state index contributed by atoms with van der Waals surface area (Å²) >= 11 is 0. The summed E-state index contributed by atoms with van der Waals surface area (Å²) in [4.78, 5) is 2.80. The molecule has 21 rings (SSSR count). The summed E-state index contributed by atoms with van der Waals surface area (Å²) < 4.78 is 82.5. The first kappa shape index (κ1) is 72.7. The Bertz CT molecular complexity index is 2240. The molecule has 89 heavy (non-hydrogen) atoms. The van der Waals surface area contributed by atoms with Crippen molar-refractivity contribution in [3.63, 3.8) is 0 Å². The number of nitrogens with zero attached hydrogens (tertiary/aromatic N) is 5. The predicted molar refractivity (Wildman–Crippen MR) is 279 cm³/mol. The van der Waals surface area contributed by atoms with Crippen LogP contribution in [0.15, 0.2) is 5.11 Å². The van der Waals surface area contributed by atoms with Crippen molar-refractivity contribution < 1.29 is 177 Å². The van der Waals surface area contributed by atoms with Gasteiger partial charge in [0.25, 0.3) is 0 Å². The molecule has 516 valence electrons. The average molecular weight is 1300 g/mol. The third-order valence-electron chi connectivity index (χ3n) is 17.5. The lowest BCUT2D eigenvalue weighted by Crippen LogP contribution is -2.69. The van der Waals surface area contributed by atoms with Crippen molar-refractivity contribution in [3.05, 3.63) is 10.4 Å². The highest BCUT2D eigenvalue weighted by Gasteiger charge is 2.60. The van der Waals surface area contributed by atoms with E-state index in [9.17, 15) is 102 Å². The van der Waals surface area contributed by atoms with Crippen LogP contribution in [0.25, 0.3) is 10.4 Å². The first-order valence-electron chi connectivity index (χ1n) is 29.1.